The third-order valence-electron chi connectivity index (χ3n) is 1.57. The first-order valence-electron chi connectivity index (χ1n) is 4.11. The second-order valence-electron chi connectivity index (χ2n) is 2.60. The van der Waals surface area contributed by atoms with E-state index in [2.05, 4.69) is 0 Å². The highest BCUT2D eigenvalue weighted by atomic mass is 16.5. The average Bonchev–Trinajstić information content (AvgIpc) is 2.10. The number of carbonyl (C=O) groups is 1. The monoisotopic (exact) mass is 180 g/mol. The van der Waals surface area contributed by atoms with Gasteiger partial charge in [-0.3, -0.25) is 4.79 Å². The molecule has 1 rings (SSSR count). The molecule has 0 atom stereocenters. The van der Waals surface area contributed by atoms with Gasteiger partial charge in [-0.2, -0.15) is 0 Å². The second-order valence-corrected chi connectivity index (χ2v) is 2.60. The van der Waals surface area contributed by atoms with Crippen LogP contribution < -0.4 is 9.47 Å². The van der Waals surface area contributed by atoms with Gasteiger partial charge in [-0.15, -0.1) is 0 Å². The molecule has 0 aromatic heterocycles. The lowest BCUT2D eigenvalue weighted by Crippen LogP contribution is -1.97. The molecule has 0 heterocycles. The Bertz CT molecular complexity index is 294. The Morgan fingerprint density at radius 1 is 1.38 bits per heavy atom. The summed E-state index contributed by atoms with van der Waals surface area (Å²) in [5.74, 6) is 1.07. The van der Waals surface area contributed by atoms with Gasteiger partial charge >= 0.3 is 0 Å². The van der Waals surface area contributed by atoms with Crippen LogP contribution in [-0.4, -0.2) is 13.1 Å². The van der Waals surface area contributed by atoms with Crippen molar-refractivity contribution in [3.05, 3.63) is 23.8 Å². The van der Waals surface area contributed by atoms with Crippen LogP contribution in [0.1, 0.15) is 12.5 Å². The number of benzene rings is 1. The van der Waals surface area contributed by atoms with Crippen molar-refractivity contribution in [3.8, 4) is 11.5 Å². The molecular formula is C10H12O3. The predicted octanol–water partition coefficient (Wildman–Crippen LogP) is 1.93. The van der Waals surface area contributed by atoms with Crippen molar-refractivity contribution in [3.63, 3.8) is 0 Å². The molecule has 0 N–H and O–H groups in total. The van der Waals surface area contributed by atoms with Crippen LogP contribution in [0.5, 0.6) is 11.5 Å². The molecular weight excluding hydrogens is 168 g/mol. The number of ether oxygens (including phenoxy) is 2. The largest absolute Gasteiger partial charge is 0.490 e. The fraction of sp³-hybridized carbons (Fsp3) is 0.300. The van der Waals surface area contributed by atoms with E-state index in [4.69, 9.17) is 9.47 Å². The van der Waals surface area contributed by atoms with Crippen molar-refractivity contribution in [2.45, 2.75) is 13.8 Å². The molecule has 0 aliphatic carbocycles. The molecule has 0 saturated carbocycles. The van der Waals surface area contributed by atoms with Crippen molar-refractivity contribution in [2.24, 2.45) is 0 Å². The zero-order valence-corrected chi connectivity index (χ0v) is 7.74. The fourth-order valence-electron chi connectivity index (χ4n) is 1.03. The van der Waals surface area contributed by atoms with Crippen LogP contribution >= 0.6 is 0 Å². The van der Waals surface area contributed by atoms with E-state index in [9.17, 15) is 4.79 Å². The van der Waals surface area contributed by atoms with E-state index in [-0.39, 0.29) is 0 Å². The summed E-state index contributed by atoms with van der Waals surface area (Å²) in [5, 5.41) is 0. The van der Waals surface area contributed by atoms with E-state index in [1.54, 1.807) is 6.07 Å². The molecule has 1 aromatic carbocycles. The lowest BCUT2D eigenvalue weighted by molar-refractivity contribution is -0.120. The topological polar surface area (TPSA) is 35.5 Å². The van der Waals surface area contributed by atoms with E-state index in [0.29, 0.717) is 24.6 Å². The number of aryl methyl sites for hydroxylation is 1. The minimum atomic E-state index is 0.396. The van der Waals surface area contributed by atoms with Crippen molar-refractivity contribution in [1.82, 2.24) is 0 Å². The zero-order valence-electron chi connectivity index (χ0n) is 7.74. The van der Waals surface area contributed by atoms with Crippen LogP contribution in [0, 0.1) is 6.92 Å². The van der Waals surface area contributed by atoms with Crippen LogP contribution in [0.3, 0.4) is 0 Å². The minimum absolute atomic E-state index is 0.396. The molecule has 0 spiro atoms. The molecule has 3 nitrogen and oxygen atoms in total. The lowest BCUT2D eigenvalue weighted by Gasteiger charge is -2.08. The second kappa shape index (κ2) is 4.50. The summed E-state index contributed by atoms with van der Waals surface area (Å²) in [6.45, 7) is 4.78. The van der Waals surface area contributed by atoms with Crippen LogP contribution in [0.15, 0.2) is 18.2 Å². The minimum Gasteiger partial charge on any atom is -0.490 e. The Hall–Kier alpha value is -1.51. The molecule has 1 aromatic rings. The summed E-state index contributed by atoms with van der Waals surface area (Å²) >= 11 is 0. The third kappa shape index (κ3) is 2.47. The first-order chi connectivity index (χ1) is 6.27. The third-order valence-corrected chi connectivity index (χ3v) is 1.57. The maximum Gasteiger partial charge on any atom is 0.298 e. The standard InChI is InChI=1S/C10H12O3/c1-3-12-10-6-8(2)4-5-9(10)13-7-11/h4-7H,3H2,1-2H3. The Kier molecular flexibility index (Phi) is 3.31. The maximum absolute atomic E-state index is 10.1. The van der Waals surface area contributed by atoms with Gasteiger partial charge in [-0.25, -0.2) is 0 Å². The SMILES string of the molecule is CCOc1cc(C)ccc1OC=O. The van der Waals surface area contributed by atoms with Crippen molar-refractivity contribution in [1.29, 1.82) is 0 Å². The van der Waals surface area contributed by atoms with Crippen LogP contribution in [0.25, 0.3) is 0 Å². The highest BCUT2D eigenvalue weighted by molar-refractivity contribution is 5.51. The van der Waals surface area contributed by atoms with Crippen molar-refractivity contribution >= 4 is 6.47 Å². The Morgan fingerprint density at radius 2 is 2.15 bits per heavy atom. The Balaban J connectivity index is 2.95. The van der Waals surface area contributed by atoms with Gasteiger partial charge in [0, 0.05) is 0 Å². The molecule has 70 valence electrons. The van der Waals surface area contributed by atoms with E-state index in [0.717, 1.165) is 5.56 Å². The van der Waals surface area contributed by atoms with Crippen molar-refractivity contribution < 1.29 is 14.3 Å². The molecule has 13 heavy (non-hydrogen) atoms. The van der Waals surface area contributed by atoms with E-state index in [1.165, 1.54) is 0 Å². The van der Waals surface area contributed by atoms with Gasteiger partial charge in [0.25, 0.3) is 6.47 Å². The van der Waals surface area contributed by atoms with E-state index in [1.807, 2.05) is 26.0 Å². The number of hydrogen-bond acceptors (Lipinski definition) is 3. The maximum atomic E-state index is 10.1. The van der Waals surface area contributed by atoms with E-state index >= 15 is 0 Å². The molecule has 0 aliphatic rings. The molecule has 3 heteroatoms. The average molecular weight is 180 g/mol. The first kappa shape index (κ1) is 9.58. The summed E-state index contributed by atoms with van der Waals surface area (Å²) in [4.78, 5) is 10.1. The molecule has 0 saturated heterocycles. The molecule has 0 bridgehead atoms. The first-order valence-corrected chi connectivity index (χ1v) is 4.11. The number of carbonyl (C=O) groups excluding carboxylic acids is 1. The molecule has 0 unspecified atom stereocenters. The van der Waals surface area contributed by atoms with Crippen LogP contribution in [0.4, 0.5) is 0 Å². The highest BCUT2D eigenvalue weighted by Crippen LogP contribution is 2.27. The summed E-state index contributed by atoms with van der Waals surface area (Å²) in [7, 11) is 0. The van der Waals surface area contributed by atoms with E-state index < -0.39 is 0 Å². The molecule has 0 amide bonds. The predicted molar refractivity (Wildman–Crippen MR) is 49.0 cm³/mol. The summed E-state index contributed by atoms with van der Waals surface area (Å²) in [6.07, 6.45) is 0. The summed E-state index contributed by atoms with van der Waals surface area (Å²) < 4.78 is 10.0. The fourth-order valence-corrected chi connectivity index (χ4v) is 1.03. The Labute approximate surface area is 77.3 Å². The van der Waals surface area contributed by atoms with Gasteiger partial charge in [0.05, 0.1) is 6.61 Å². The lowest BCUT2D eigenvalue weighted by atomic mass is 10.2. The zero-order chi connectivity index (χ0) is 9.68. The summed E-state index contributed by atoms with van der Waals surface area (Å²) in [6, 6.07) is 5.42. The normalized spacial score (nSPS) is 9.38. The quantitative estimate of drug-likeness (QED) is 0.664. The van der Waals surface area contributed by atoms with Gasteiger partial charge < -0.3 is 9.47 Å². The van der Waals surface area contributed by atoms with Gasteiger partial charge in [-0.1, -0.05) is 6.07 Å². The number of hydrogen-bond donors (Lipinski definition) is 0. The molecule has 0 fully saturated rings. The van der Waals surface area contributed by atoms with Crippen LogP contribution in [0.2, 0.25) is 0 Å². The van der Waals surface area contributed by atoms with Gasteiger partial charge in [0.1, 0.15) is 0 Å². The van der Waals surface area contributed by atoms with Gasteiger partial charge in [-0.05, 0) is 31.5 Å². The van der Waals surface area contributed by atoms with Gasteiger partial charge in [0.2, 0.25) is 0 Å². The molecule has 0 aliphatic heterocycles. The highest BCUT2D eigenvalue weighted by Gasteiger charge is 2.03. The van der Waals surface area contributed by atoms with Crippen molar-refractivity contribution in [2.75, 3.05) is 6.61 Å². The van der Waals surface area contributed by atoms with Gasteiger partial charge in [0.15, 0.2) is 11.5 Å². The number of rotatable bonds is 4. The van der Waals surface area contributed by atoms with Crippen LogP contribution in [-0.2, 0) is 4.79 Å². The smallest absolute Gasteiger partial charge is 0.298 e. The Morgan fingerprint density at radius 3 is 2.77 bits per heavy atom. The summed E-state index contributed by atoms with van der Waals surface area (Å²) in [5.41, 5.74) is 1.07. The molecule has 0 radical (unpaired) electrons.